The summed E-state index contributed by atoms with van der Waals surface area (Å²) in [6, 6.07) is 5.24. The Balaban J connectivity index is 2.55. The molecule has 1 aromatic rings. The SMILES string of the molecule is CCCCOC(=O)c1ccc(O[C@H](C)C(=O)NC(N)=O)cc1. The van der Waals surface area contributed by atoms with E-state index in [9.17, 15) is 14.4 Å². The van der Waals surface area contributed by atoms with Crippen LogP contribution in [0, 0.1) is 0 Å². The molecule has 0 unspecified atom stereocenters. The Hall–Kier alpha value is -2.57. The Labute approximate surface area is 128 Å². The number of imide groups is 1. The first kappa shape index (κ1) is 17.5. The van der Waals surface area contributed by atoms with Crippen LogP contribution in [0.1, 0.15) is 37.0 Å². The number of carbonyl (C=O) groups is 3. The highest BCUT2D eigenvalue weighted by Crippen LogP contribution is 2.15. The van der Waals surface area contributed by atoms with Crippen molar-refractivity contribution in [2.75, 3.05) is 6.61 Å². The van der Waals surface area contributed by atoms with E-state index in [4.69, 9.17) is 15.2 Å². The minimum absolute atomic E-state index is 0.386. The van der Waals surface area contributed by atoms with Crippen molar-refractivity contribution in [3.05, 3.63) is 29.8 Å². The number of benzene rings is 1. The van der Waals surface area contributed by atoms with E-state index in [0.717, 1.165) is 12.8 Å². The molecule has 7 heteroatoms. The molecule has 120 valence electrons. The molecule has 3 amide bonds. The summed E-state index contributed by atoms with van der Waals surface area (Å²) in [6.07, 6.45) is 0.875. The lowest BCUT2D eigenvalue weighted by atomic mass is 10.2. The summed E-state index contributed by atoms with van der Waals surface area (Å²) in [5, 5.41) is 1.92. The third kappa shape index (κ3) is 5.82. The Morgan fingerprint density at radius 2 is 1.86 bits per heavy atom. The van der Waals surface area contributed by atoms with Gasteiger partial charge < -0.3 is 15.2 Å². The molecule has 0 bridgehead atoms. The van der Waals surface area contributed by atoms with Crippen molar-refractivity contribution >= 4 is 17.9 Å². The van der Waals surface area contributed by atoms with Gasteiger partial charge in [0.2, 0.25) is 0 Å². The average Bonchev–Trinajstić information content (AvgIpc) is 2.47. The lowest BCUT2D eigenvalue weighted by Gasteiger charge is -2.13. The van der Waals surface area contributed by atoms with Gasteiger partial charge in [-0.15, -0.1) is 0 Å². The molecule has 0 heterocycles. The van der Waals surface area contributed by atoms with E-state index in [2.05, 4.69) is 0 Å². The Morgan fingerprint density at radius 1 is 1.23 bits per heavy atom. The summed E-state index contributed by atoms with van der Waals surface area (Å²) in [6.45, 7) is 3.87. The topological polar surface area (TPSA) is 108 Å². The van der Waals surface area contributed by atoms with Gasteiger partial charge in [0, 0.05) is 0 Å². The van der Waals surface area contributed by atoms with Crippen molar-refractivity contribution < 1.29 is 23.9 Å². The van der Waals surface area contributed by atoms with Crippen LogP contribution in [0.2, 0.25) is 0 Å². The van der Waals surface area contributed by atoms with Crippen LogP contribution in [0.5, 0.6) is 5.75 Å². The molecule has 0 aromatic heterocycles. The van der Waals surface area contributed by atoms with Gasteiger partial charge >= 0.3 is 12.0 Å². The minimum Gasteiger partial charge on any atom is -0.481 e. The maximum absolute atomic E-state index is 11.7. The number of esters is 1. The van der Waals surface area contributed by atoms with Gasteiger partial charge in [-0.05, 0) is 37.6 Å². The van der Waals surface area contributed by atoms with E-state index in [1.807, 2.05) is 12.2 Å². The first-order valence-electron chi connectivity index (χ1n) is 6.98. The fraction of sp³-hybridized carbons (Fsp3) is 0.400. The molecule has 7 nitrogen and oxygen atoms in total. The Morgan fingerprint density at radius 3 is 2.41 bits per heavy atom. The third-order valence-electron chi connectivity index (χ3n) is 2.75. The molecule has 0 aliphatic heterocycles. The first-order chi connectivity index (χ1) is 10.4. The maximum atomic E-state index is 11.7. The van der Waals surface area contributed by atoms with Crippen LogP contribution < -0.4 is 15.8 Å². The lowest BCUT2D eigenvalue weighted by Crippen LogP contribution is -2.42. The van der Waals surface area contributed by atoms with Crippen molar-refractivity contribution in [2.45, 2.75) is 32.8 Å². The predicted octanol–water partition coefficient (Wildman–Crippen LogP) is 1.61. The summed E-state index contributed by atoms with van der Waals surface area (Å²) in [5.74, 6) is -0.660. The summed E-state index contributed by atoms with van der Waals surface area (Å²) in [7, 11) is 0. The van der Waals surface area contributed by atoms with Crippen LogP contribution in [0.3, 0.4) is 0 Å². The summed E-state index contributed by atoms with van der Waals surface area (Å²) in [4.78, 5) is 33.8. The second-order valence-electron chi connectivity index (χ2n) is 4.63. The van der Waals surface area contributed by atoms with Crippen molar-refractivity contribution in [3.63, 3.8) is 0 Å². The molecule has 3 N–H and O–H groups in total. The second-order valence-corrected chi connectivity index (χ2v) is 4.63. The van der Waals surface area contributed by atoms with E-state index in [1.165, 1.54) is 6.92 Å². The molecule has 1 atom stereocenters. The number of carbonyl (C=O) groups excluding carboxylic acids is 3. The fourth-order valence-electron chi connectivity index (χ4n) is 1.54. The van der Waals surface area contributed by atoms with E-state index in [1.54, 1.807) is 24.3 Å². The summed E-state index contributed by atoms with van der Waals surface area (Å²) < 4.78 is 10.4. The van der Waals surface area contributed by atoms with Gasteiger partial charge in [0.05, 0.1) is 12.2 Å². The molecular formula is C15H20N2O5. The van der Waals surface area contributed by atoms with Gasteiger partial charge in [0.1, 0.15) is 5.75 Å². The number of amides is 3. The number of unbranched alkanes of at least 4 members (excludes halogenated alkanes) is 1. The van der Waals surface area contributed by atoms with Crippen molar-refractivity contribution in [3.8, 4) is 5.75 Å². The van der Waals surface area contributed by atoms with E-state index >= 15 is 0 Å². The Bertz CT molecular complexity index is 527. The van der Waals surface area contributed by atoms with Gasteiger partial charge in [0.25, 0.3) is 5.91 Å². The number of ether oxygens (including phenoxy) is 2. The number of rotatable bonds is 7. The van der Waals surface area contributed by atoms with Crippen LogP contribution >= 0.6 is 0 Å². The zero-order valence-electron chi connectivity index (χ0n) is 12.6. The smallest absolute Gasteiger partial charge is 0.338 e. The molecular weight excluding hydrogens is 288 g/mol. The zero-order valence-corrected chi connectivity index (χ0v) is 12.6. The molecule has 0 saturated carbocycles. The molecule has 0 aliphatic rings. The number of urea groups is 1. The van der Waals surface area contributed by atoms with Gasteiger partial charge in [-0.25, -0.2) is 9.59 Å². The fourth-order valence-corrected chi connectivity index (χ4v) is 1.54. The van der Waals surface area contributed by atoms with Gasteiger partial charge in [-0.3, -0.25) is 10.1 Å². The molecule has 22 heavy (non-hydrogen) atoms. The first-order valence-corrected chi connectivity index (χ1v) is 6.98. The molecule has 0 fully saturated rings. The number of nitrogens with one attached hydrogen (secondary N) is 1. The largest absolute Gasteiger partial charge is 0.481 e. The van der Waals surface area contributed by atoms with E-state index < -0.39 is 24.0 Å². The highest BCUT2D eigenvalue weighted by Gasteiger charge is 2.16. The molecule has 0 spiro atoms. The van der Waals surface area contributed by atoms with Gasteiger partial charge in [-0.2, -0.15) is 0 Å². The highest BCUT2D eigenvalue weighted by molar-refractivity contribution is 5.95. The summed E-state index contributed by atoms with van der Waals surface area (Å²) in [5.41, 5.74) is 5.25. The molecule has 0 aliphatic carbocycles. The van der Waals surface area contributed by atoms with Crippen LogP contribution in [0.15, 0.2) is 24.3 Å². The second kappa shape index (κ2) is 8.66. The maximum Gasteiger partial charge on any atom is 0.338 e. The van der Waals surface area contributed by atoms with E-state index in [0.29, 0.717) is 17.9 Å². The molecule has 0 saturated heterocycles. The third-order valence-corrected chi connectivity index (χ3v) is 2.75. The van der Waals surface area contributed by atoms with Crippen molar-refractivity contribution in [1.29, 1.82) is 0 Å². The number of hydrogen-bond donors (Lipinski definition) is 2. The number of hydrogen-bond acceptors (Lipinski definition) is 5. The Kier molecular flexibility index (Phi) is 6.88. The van der Waals surface area contributed by atoms with Gasteiger partial charge in [-0.1, -0.05) is 13.3 Å². The molecule has 0 radical (unpaired) electrons. The minimum atomic E-state index is -0.939. The zero-order chi connectivity index (χ0) is 16.5. The number of nitrogens with two attached hydrogens (primary N) is 1. The van der Waals surface area contributed by atoms with Crippen LogP contribution in [0.25, 0.3) is 0 Å². The highest BCUT2D eigenvalue weighted by atomic mass is 16.5. The van der Waals surface area contributed by atoms with Crippen molar-refractivity contribution in [1.82, 2.24) is 5.32 Å². The van der Waals surface area contributed by atoms with E-state index in [-0.39, 0.29) is 0 Å². The monoisotopic (exact) mass is 308 g/mol. The van der Waals surface area contributed by atoms with Crippen LogP contribution in [-0.4, -0.2) is 30.6 Å². The van der Waals surface area contributed by atoms with Crippen molar-refractivity contribution in [2.24, 2.45) is 5.73 Å². The predicted molar refractivity (Wildman–Crippen MR) is 79.4 cm³/mol. The van der Waals surface area contributed by atoms with Gasteiger partial charge in [0.15, 0.2) is 6.10 Å². The quantitative estimate of drug-likeness (QED) is 0.587. The molecule has 1 rings (SSSR count). The lowest BCUT2D eigenvalue weighted by molar-refractivity contribution is -0.126. The van der Waals surface area contributed by atoms with Crippen LogP contribution in [-0.2, 0) is 9.53 Å². The standard InChI is InChI=1S/C15H20N2O5/c1-3-4-9-21-14(19)11-5-7-12(8-6-11)22-10(2)13(18)17-15(16)20/h5-8,10H,3-4,9H2,1-2H3,(H3,16,17,18,20)/t10-/m1/s1. The normalized spacial score (nSPS) is 11.4. The average molecular weight is 308 g/mol. The number of primary amides is 1. The molecule has 1 aromatic carbocycles. The summed E-state index contributed by atoms with van der Waals surface area (Å²) >= 11 is 0. The van der Waals surface area contributed by atoms with Crippen LogP contribution in [0.4, 0.5) is 4.79 Å².